The SMILES string of the molecule is COc1cc2c(cc1Oc1ccccc1)NC(=O)C21CCN(Cc2ccccc2)CC1. The quantitative estimate of drug-likeness (QED) is 0.640. The monoisotopic (exact) mass is 414 g/mol. The van der Waals surface area contributed by atoms with Crippen LogP contribution in [0, 0.1) is 0 Å². The van der Waals surface area contributed by atoms with Crippen molar-refractivity contribution in [1.29, 1.82) is 0 Å². The van der Waals surface area contributed by atoms with Crippen LogP contribution in [0.4, 0.5) is 5.69 Å². The minimum Gasteiger partial charge on any atom is -0.493 e. The lowest BCUT2D eigenvalue weighted by Crippen LogP contribution is -2.46. The number of nitrogens with one attached hydrogen (secondary N) is 1. The molecule has 0 radical (unpaired) electrons. The molecule has 1 saturated heterocycles. The van der Waals surface area contributed by atoms with E-state index in [1.54, 1.807) is 7.11 Å². The van der Waals surface area contributed by atoms with Gasteiger partial charge in [0, 0.05) is 18.3 Å². The Balaban J connectivity index is 1.39. The van der Waals surface area contributed by atoms with Crippen LogP contribution in [-0.2, 0) is 16.8 Å². The summed E-state index contributed by atoms with van der Waals surface area (Å²) in [4.78, 5) is 15.6. The van der Waals surface area contributed by atoms with Gasteiger partial charge in [0.1, 0.15) is 5.75 Å². The number of anilines is 1. The Bertz CT molecular complexity index is 1070. The van der Waals surface area contributed by atoms with Crippen molar-refractivity contribution in [1.82, 2.24) is 4.90 Å². The fourth-order valence-corrected chi connectivity index (χ4v) is 4.71. The maximum absolute atomic E-state index is 13.1. The van der Waals surface area contributed by atoms with Crippen molar-refractivity contribution < 1.29 is 14.3 Å². The van der Waals surface area contributed by atoms with E-state index < -0.39 is 5.41 Å². The van der Waals surface area contributed by atoms with Crippen molar-refractivity contribution in [2.75, 3.05) is 25.5 Å². The van der Waals surface area contributed by atoms with Gasteiger partial charge < -0.3 is 14.8 Å². The van der Waals surface area contributed by atoms with Crippen LogP contribution in [0.1, 0.15) is 24.0 Å². The average Bonchev–Trinajstić information content (AvgIpc) is 3.06. The molecule has 2 aliphatic heterocycles. The molecule has 1 N–H and O–H groups in total. The molecule has 1 fully saturated rings. The van der Waals surface area contributed by atoms with Gasteiger partial charge in [-0.05, 0) is 55.3 Å². The van der Waals surface area contributed by atoms with E-state index in [2.05, 4.69) is 34.5 Å². The molecule has 3 aromatic rings. The van der Waals surface area contributed by atoms with Gasteiger partial charge in [-0.25, -0.2) is 0 Å². The average molecular weight is 415 g/mol. The summed E-state index contributed by atoms with van der Waals surface area (Å²) in [6.07, 6.45) is 1.58. The number of hydrogen-bond donors (Lipinski definition) is 1. The highest BCUT2D eigenvalue weighted by Gasteiger charge is 2.49. The minimum absolute atomic E-state index is 0.0841. The first-order chi connectivity index (χ1) is 15.2. The van der Waals surface area contributed by atoms with Gasteiger partial charge in [-0.2, -0.15) is 0 Å². The van der Waals surface area contributed by atoms with Gasteiger partial charge in [0.05, 0.1) is 12.5 Å². The van der Waals surface area contributed by atoms with Crippen molar-refractivity contribution in [3.8, 4) is 17.2 Å². The van der Waals surface area contributed by atoms with Crippen molar-refractivity contribution in [3.05, 3.63) is 83.9 Å². The Morgan fingerprint density at radius 2 is 1.61 bits per heavy atom. The maximum atomic E-state index is 13.1. The van der Waals surface area contributed by atoms with Crippen molar-refractivity contribution in [3.63, 3.8) is 0 Å². The summed E-state index contributed by atoms with van der Waals surface area (Å²) in [6.45, 7) is 2.68. The van der Waals surface area contributed by atoms with E-state index in [1.807, 2.05) is 48.5 Å². The fourth-order valence-electron chi connectivity index (χ4n) is 4.71. The third-order valence-electron chi connectivity index (χ3n) is 6.43. The van der Waals surface area contributed by atoms with Crippen molar-refractivity contribution in [2.45, 2.75) is 24.8 Å². The summed E-state index contributed by atoms with van der Waals surface area (Å²) in [6, 6.07) is 24.0. The smallest absolute Gasteiger partial charge is 0.235 e. The molecule has 5 nitrogen and oxygen atoms in total. The van der Waals surface area contributed by atoms with Gasteiger partial charge in [0.2, 0.25) is 5.91 Å². The standard InChI is InChI=1S/C26H26N2O3/c1-30-23-16-21-22(17-24(23)31-20-10-6-3-7-11-20)27-25(29)26(21)12-14-28(15-13-26)18-19-8-4-2-5-9-19/h2-11,16-17H,12-15,18H2,1H3,(H,27,29). The Labute approximate surface area is 182 Å². The number of para-hydroxylation sites is 1. The van der Waals surface area contributed by atoms with E-state index in [0.29, 0.717) is 11.5 Å². The van der Waals surface area contributed by atoms with Crippen LogP contribution in [0.5, 0.6) is 17.2 Å². The summed E-state index contributed by atoms with van der Waals surface area (Å²) in [5.74, 6) is 2.06. The molecular formula is C26H26N2O3. The second-order valence-corrected chi connectivity index (χ2v) is 8.26. The summed E-state index contributed by atoms with van der Waals surface area (Å²) >= 11 is 0. The predicted octanol–water partition coefficient (Wildman–Crippen LogP) is 4.97. The first-order valence-corrected chi connectivity index (χ1v) is 10.7. The normalized spacial score (nSPS) is 17.3. The zero-order valence-electron chi connectivity index (χ0n) is 17.6. The lowest BCUT2D eigenvalue weighted by atomic mass is 9.73. The molecule has 5 rings (SSSR count). The Hall–Kier alpha value is -3.31. The molecule has 1 spiro atoms. The van der Waals surface area contributed by atoms with E-state index in [1.165, 1.54) is 5.56 Å². The molecular weight excluding hydrogens is 388 g/mol. The fraction of sp³-hybridized carbons (Fsp3) is 0.269. The highest BCUT2D eigenvalue weighted by Crippen LogP contribution is 2.49. The van der Waals surface area contributed by atoms with Crippen LogP contribution < -0.4 is 14.8 Å². The zero-order valence-corrected chi connectivity index (χ0v) is 17.6. The highest BCUT2D eigenvalue weighted by atomic mass is 16.5. The zero-order chi connectivity index (χ0) is 21.3. The summed E-state index contributed by atoms with van der Waals surface area (Å²) in [5.41, 5.74) is 2.66. The molecule has 31 heavy (non-hydrogen) atoms. The number of carbonyl (C=O) groups excluding carboxylic acids is 1. The van der Waals surface area contributed by atoms with Gasteiger partial charge in [0.25, 0.3) is 0 Å². The molecule has 2 heterocycles. The van der Waals surface area contributed by atoms with Crippen LogP contribution in [0.25, 0.3) is 0 Å². The number of rotatable bonds is 5. The van der Waals surface area contributed by atoms with Crippen LogP contribution in [0.15, 0.2) is 72.8 Å². The third kappa shape index (κ3) is 3.66. The van der Waals surface area contributed by atoms with Crippen LogP contribution in [0.2, 0.25) is 0 Å². The van der Waals surface area contributed by atoms with Gasteiger partial charge in [-0.3, -0.25) is 9.69 Å². The molecule has 0 aromatic heterocycles. The minimum atomic E-state index is -0.499. The first-order valence-electron chi connectivity index (χ1n) is 10.7. The maximum Gasteiger partial charge on any atom is 0.235 e. The van der Waals surface area contributed by atoms with Crippen LogP contribution in [0.3, 0.4) is 0 Å². The van der Waals surface area contributed by atoms with Crippen molar-refractivity contribution in [2.24, 2.45) is 0 Å². The molecule has 3 aromatic carbocycles. The number of fused-ring (bicyclic) bond motifs is 2. The van der Waals surface area contributed by atoms with E-state index in [-0.39, 0.29) is 5.91 Å². The second kappa shape index (κ2) is 8.08. The predicted molar refractivity (Wildman–Crippen MR) is 121 cm³/mol. The largest absolute Gasteiger partial charge is 0.493 e. The lowest BCUT2D eigenvalue weighted by molar-refractivity contribution is -0.122. The van der Waals surface area contributed by atoms with E-state index in [4.69, 9.17) is 9.47 Å². The number of nitrogens with zero attached hydrogens (tertiary/aromatic N) is 1. The summed E-state index contributed by atoms with van der Waals surface area (Å²) < 4.78 is 11.7. The molecule has 2 aliphatic rings. The van der Waals surface area contributed by atoms with Crippen molar-refractivity contribution >= 4 is 11.6 Å². The topological polar surface area (TPSA) is 50.8 Å². The van der Waals surface area contributed by atoms with E-state index in [0.717, 1.165) is 49.5 Å². The molecule has 5 heteroatoms. The molecule has 1 amide bonds. The molecule has 0 bridgehead atoms. The molecule has 0 atom stereocenters. The number of benzene rings is 3. The number of carbonyl (C=O) groups is 1. The Morgan fingerprint density at radius 1 is 0.935 bits per heavy atom. The number of methoxy groups -OCH3 is 1. The molecule has 158 valence electrons. The van der Waals surface area contributed by atoms with Gasteiger partial charge in [-0.1, -0.05) is 48.5 Å². The number of piperidine rings is 1. The number of likely N-dealkylation sites (tertiary alicyclic amines) is 1. The number of ether oxygens (including phenoxy) is 2. The first kappa shape index (κ1) is 19.6. The van der Waals surface area contributed by atoms with Crippen LogP contribution >= 0.6 is 0 Å². The second-order valence-electron chi connectivity index (χ2n) is 8.26. The van der Waals surface area contributed by atoms with Gasteiger partial charge in [-0.15, -0.1) is 0 Å². The summed E-state index contributed by atoms with van der Waals surface area (Å²) in [5, 5.41) is 3.11. The number of hydrogen-bond acceptors (Lipinski definition) is 4. The van der Waals surface area contributed by atoms with Gasteiger partial charge in [0.15, 0.2) is 11.5 Å². The van der Waals surface area contributed by atoms with Crippen LogP contribution in [-0.4, -0.2) is 31.0 Å². The van der Waals surface area contributed by atoms with E-state index in [9.17, 15) is 4.79 Å². The lowest BCUT2D eigenvalue weighted by Gasteiger charge is -2.38. The summed E-state index contributed by atoms with van der Waals surface area (Å²) in [7, 11) is 1.64. The highest BCUT2D eigenvalue weighted by molar-refractivity contribution is 6.06. The van der Waals surface area contributed by atoms with E-state index >= 15 is 0 Å². The number of amides is 1. The Morgan fingerprint density at radius 3 is 2.29 bits per heavy atom. The molecule has 0 aliphatic carbocycles. The Kier molecular flexibility index (Phi) is 5.12. The third-order valence-corrected chi connectivity index (χ3v) is 6.43. The van der Waals surface area contributed by atoms with Gasteiger partial charge >= 0.3 is 0 Å². The molecule has 0 saturated carbocycles. The molecule has 0 unspecified atom stereocenters.